The number of carbonyl (C=O) groups excluding carboxylic acids is 3. The highest BCUT2D eigenvalue weighted by Gasteiger charge is 2.26. The van der Waals surface area contributed by atoms with Gasteiger partial charge in [0.15, 0.2) is 11.6 Å². The molecular formula is C32H26BrNO5. The van der Waals surface area contributed by atoms with Crippen LogP contribution in [0.1, 0.15) is 55.4 Å². The largest absolute Gasteiger partial charge is 0.481 e. The summed E-state index contributed by atoms with van der Waals surface area (Å²) in [4.78, 5) is 50.0. The number of amides is 1. The molecule has 1 unspecified atom stereocenters. The summed E-state index contributed by atoms with van der Waals surface area (Å²) in [5.41, 5.74) is 3.95. The average molecular weight is 584 g/mol. The Kier molecular flexibility index (Phi) is 9.18. The van der Waals surface area contributed by atoms with Crippen molar-refractivity contribution in [3.8, 4) is 11.1 Å². The van der Waals surface area contributed by atoms with Crippen LogP contribution in [0.2, 0.25) is 0 Å². The molecule has 0 heterocycles. The third-order valence-electron chi connectivity index (χ3n) is 6.35. The minimum absolute atomic E-state index is 0.0116. The fourth-order valence-electron chi connectivity index (χ4n) is 4.21. The van der Waals surface area contributed by atoms with E-state index in [1.807, 2.05) is 42.5 Å². The molecule has 196 valence electrons. The van der Waals surface area contributed by atoms with Crippen molar-refractivity contribution in [1.29, 1.82) is 0 Å². The number of ketones is 2. The standard InChI is InChI=1S/C32H26BrNO5/c33-27-16-14-24(15-17-27)29(35)20-28(23-8-12-26(13-9-23)32(39)34-19-18-30(36)37)31(38)25-10-6-22(7-11-25)21-4-2-1-3-5-21/h1-17,28H,18-20H2,(H,34,39)(H,36,37). The van der Waals surface area contributed by atoms with Gasteiger partial charge in [0, 0.05) is 34.1 Å². The van der Waals surface area contributed by atoms with Crippen molar-refractivity contribution in [2.24, 2.45) is 0 Å². The molecule has 0 fully saturated rings. The summed E-state index contributed by atoms with van der Waals surface area (Å²) in [6.45, 7) is 0.0116. The molecule has 4 aromatic carbocycles. The van der Waals surface area contributed by atoms with Crippen LogP contribution in [0.15, 0.2) is 108 Å². The first-order chi connectivity index (χ1) is 18.8. The normalized spacial score (nSPS) is 11.4. The highest BCUT2D eigenvalue weighted by molar-refractivity contribution is 9.10. The van der Waals surface area contributed by atoms with Crippen molar-refractivity contribution in [3.63, 3.8) is 0 Å². The van der Waals surface area contributed by atoms with Crippen molar-refractivity contribution in [1.82, 2.24) is 5.32 Å². The van der Waals surface area contributed by atoms with Crippen LogP contribution in [0.25, 0.3) is 11.1 Å². The first-order valence-corrected chi connectivity index (χ1v) is 13.2. The van der Waals surface area contributed by atoms with Crippen molar-refractivity contribution in [2.45, 2.75) is 18.8 Å². The topological polar surface area (TPSA) is 101 Å². The molecule has 1 atom stereocenters. The first kappa shape index (κ1) is 27.7. The molecule has 6 nitrogen and oxygen atoms in total. The summed E-state index contributed by atoms with van der Waals surface area (Å²) in [6, 6.07) is 30.6. The van der Waals surface area contributed by atoms with E-state index in [1.54, 1.807) is 60.7 Å². The van der Waals surface area contributed by atoms with Gasteiger partial charge in [0.05, 0.1) is 12.3 Å². The van der Waals surface area contributed by atoms with Gasteiger partial charge in [-0.1, -0.05) is 94.8 Å². The molecule has 0 spiro atoms. The lowest BCUT2D eigenvalue weighted by atomic mass is 9.84. The van der Waals surface area contributed by atoms with Gasteiger partial charge < -0.3 is 10.4 Å². The minimum Gasteiger partial charge on any atom is -0.481 e. The fraction of sp³-hybridized carbons (Fsp3) is 0.125. The Balaban J connectivity index is 1.59. The molecule has 4 rings (SSSR count). The lowest BCUT2D eigenvalue weighted by Gasteiger charge is -2.17. The number of carboxylic acid groups (broad SMARTS) is 1. The first-order valence-electron chi connectivity index (χ1n) is 12.4. The number of carboxylic acids is 1. The number of halogens is 1. The van der Waals surface area contributed by atoms with E-state index in [0.29, 0.717) is 22.3 Å². The van der Waals surface area contributed by atoms with Crippen molar-refractivity contribution in [2.75, 3.05) is 6.54 Å². The highest BCUT2D eigenvalue weighted by atomic mass is 79.9. The monoisotopic (exact) mass is 583 g/mol. The molecule has 2 N–H and O–H groups in total. The van der Waals surface area contributed by atoms with E-state index in [-0.39, 0.29) is 31.0 Å². The molecule has 7 heteroatoms. The van der Waals surface area contributed by atoms with E-state index in [0.717, 1.165) is 15.6 Å². The Morgan fingerprint density at radius 1 is 0.692 bits per heavy atom. The quantitative estimate of drug-likeness (QED) is 0.195. The van der Waals surface area contributed by atoms with Crippen LogP contribution in [0, 0.1) is 0 Å². The van der Waals surface area contributed by atoms with Gasteiger partial charge in [0.25, 0.3) is 5.91 Å². The maximum absolute atomic E-state index is 13.7. The van der Waals surface area contributed by atoms with Crippen LogP contribution in [0.3, 0.4) is 0 Å². The number of Topliss-reactive ketones (excluding diaryl/α,β-unsaturated/α-hetero) is 2. The Bertz CT molecular complexity index is 1460. The number of rotatable bonds is 11. The van der Waals surface area contributed by atoms with E-state index in [4.69, 9.17) is 5.11 Å². The third kappa shape index (κ3) is 7.36. The predicted octanol–water partition coefficient (Wildman–Crippen LogP) is 6.56. The maximum Gasteiger partial charge on any atom is 0.305 e. The van der Waals surface area contributed by atoms with Gasteiger partial charge in [0.1, 0.15) is 0 Å². The highest BCUT2D eigenvalue weighted by Crippen LogP contribution is 2.29. The van der Waals surface area contributed by atoms with Crippen molar-refractivity contribution >= 4 is 39.4 Å². The van der Waals surface area contributed by atoms with Gasteiger partial charge in [-0.3, -0.25) is 19.2 Å². The van der Waals surface area contributed by atoms with Gasteiger partial charge in [0.2, 0.25) is 0 Å². The molecule has 1 amide bonds. The number of hydrogen-bond acceptors (Lipinski definition) is 4. The van der Waals surface area contributed by atoms with Crippen molar-refractivity contribution in [3.05, 3.63) is 130 Å². The van der Waals surface area contributed by atoms with E-state index < -0.39 is 17.8 Å². The fourth-order valence-corrected chi connectivity index (χ4v) is 4.48. The smallest absolute Gasteiger partial charge is 0.305 e. The maximum atomic E-state index is 13.7. The van der Waals surface area contributed by atoms with Gasteiger partial charge in [-0.25, -0.2) is 0 Å². The van der Waals surface area contributed by atoms with Crippen LogP contribution in [-0.2, 0) is 4.79 Å². The van der Waals surface area contributed by atoms with E-state index in [9.17, 15) is 19.2 Å². The Morgan fingerprint density at radius 3 is 1.87 bits per heavy atom. The molecule has 0 aliphatic heterocycles. The van der Waals surface area contributed by atoms with Gasteiger partial charge in [-0.15, -0.1) is 0 Å². The average Bonchev–Trinajstić information content (AvgIpc) is 2.96. The van der Waals surface area contributed by atoms with E-state index in [1.165, 1.54) is 0 Å². The lowest BCUT2D eigenvalue weighted by molar-refractivity contribution is -0.136. The van der Waals surface area contributed by atoms with Crippen LogP contribution in [0.5, 0.6) is 0 Å². The van der Waals surface area contributed by atoms with Crippen molar-refractivity contribution < 1.29 is 24.3 Å². The molecule has 39 heavy (non-hydrogen) atoms. The van der Waals surface area contributed by atoms with Gasteiger partial charge >= 0.3 is 5.97 Å². The Labute approximate surface area is 234 Å². The summed E-state index contributed by atoms with van der Waals surface area (Å²) in [6.07, 6.45) is -0.216. The van der Waals surface area contributed by atoms with E-state index in [2.05, 4.69) is 21.2 Å². The second kappa shape index (κ2) is 12.9. The molecule has 0 bridgehead atoms. The number of benzene rings is 4. The number of hydrogen-bond donors (Lipinski definition) is 2. The van der Waals surface area contributed by atoms with Crippen LogP contribution < -0.4 is 5.32 Å². The predicted molar refractivity (Wildman–Crippen MR) is 153 cm³/mol. The molecule has 0 saturated heterocycles. The van der Waals surface area contributed by atoms with Crippen LogP contribution in [0.4, 0.5) is 0 Å². The Morgan fingerprint density at radius 2 is 1.26 bits per heavy atom. The summed E-state index contributed by atoms with van der Waals surface area (Å²) < 4.78 is 0.849. The number of aliphatic carboxylic acids is 1. The third-order valence-corrected chi connectivity index (χ3v) is 6.88. The summed E-state index contributed by atoms with van der Waals surface area (Å²) >= 11 is 3.37. The molecule has 0 aromatic heterocycles. The second-order valence-corrected chi connectivity index (χ2v) is 9.93. The van der Waals surface area contributed by atoms with Gasteiger partial charge in [-0.05, 0) is 41.0 Å². The second-order valence-electron chi connectivity index (χ2n) is 9.02. The summed E-state index contributed by atoms with van der Waals surface area (Å²) in [7, 11) is 0. The Hall–Kier alpha value is -4.36. The summed E-state index contributed by atoms with van der Waals surface area (Å²) in [5.74, 6) is -2.53. The van der Waals surface area contributed by atoms with Gasteiger partial charge in [-0.2, -0.15) is 0 Å². The molecule has 0 aliphatic rings. The minimum atomic E-state index is -1.00. The molecule has 0 radical (unpaired) electrons. The molecular weight excluding hydrogens is 558 g/mol. The zero-order valence-corrected chi connectivity index (χ0v) is 22.6. The van der Waals surface area contributed by atoms with E-state index >= 15 is 0 Å². The SMILES string of the molecule is O=C(O)CCNC(=O)c1ccc(C(CC(=O)c2ccc(Br)cc2)C(=O)c2ccc(-c3ccccc3)cc2)cc1. The zero-order chi connectivity index (χ0) is 27.8. The number of nitrogens with one attached hydrogen (secondary N) is 1. The lowest BCUT2D eigenvalue weighted by Crippen LogP contribution is -2.26. The zero-order valence-electron chi connectivity index (χ0n) is 21.0. The molecule has 0 aliphatic carbocycles. The van der Waals surface area contributed by atoms with Crippen LogP contribution in [-0.4, -0.2) is 35.1 Å². The van der Waals surface area contributed by atoms with Crippen LogP contribution >= 0.6 is 15.9 Å². The molecule has 4 aromatic rings. The molecule has 0 saturated carbocycles. The summed E-state index contributed by atoms with van der Waals surface area (Å²) in [5, 5.41) is 11.3. The number of carbonyl (C=O) groups is 4.